The zero-order chi connectivity index (χ0) is 15.7. The minimum Gasteiger partial charge on any atom is -0.406 e. The summed E-state index contributed by atoms with van der Waals surface area (Å²) in [4.78, 5) is -0.0153. The van der Waals surface area contributed by atoms with Gasteiger partial charge in [0.05, 0.1) is 9.79 Å². The van der Waals surface area contributed by atoms with Crippen LogP contribution in [0.4, 0.5) is 13.2 Å². The van der Waals surface area contributed by atoms with Gasteiger partial charge in [0.25, 0.3) is 0 Å². The summed E-state index contributed by atoms with van der Waals surface area (Å²) in [7, 11) is -3.75. The molecule has 0 bridgehead atoms. The van der Waals surface area contributed by atoms with Crippen LogP contribution in [0, 0.1) is 6.92 Å². The standard InChI is InChI=1S/C14H11F3O3S/c1-10-2-6-12(7-3-10)21(18,19)13-8-4-11(5-9-13)20-14(15,16)17/h2-9H,1H3. The lowest BCUT2D eigenvalue weighted by molar-refractivity contribution is -0.274. The Labute approximate surface area is 119 Å². The number of hydrogen-bond acceptors (Lipinski definition) is 3. The molecule has 7 heteroatoms. The average Bonchev–Trinajstić information content (AvgIpc) is 2.38. The Bertz CT molecular complexity index is 718. The van der Waals surface area contributed by atoms with Crippen molar-refractivity contribution >= 4 is 9.84 Å². The number of benzene rings is 2. The summed E-state index contributed by atoms with van der Waals surface area (Å²) in [5, 5.41) is 0. The number of halogens is 3. The van der Waals surface area contributed by atoms with Crippen LogP contribution in [0.3, 0.4) is 0 Å². The molecule has 0 saturated heterocycles. The first-order chi connectivity index (χ1) is 9.68. The fourth-order valence-corrected chi connectivity index (χ4v) is 2.93. The molecule has 2 rings (SSSR count). The van der Waals surface area contributed by atoms with E-state index in [0.29, 0.717) is 0 Å². The molecule has 0 fully saturated rings. The van der Waals surface area contributed by atoms with Crippen molar-refractivity contribution in [1.82, 2.24) is 0 Å². The van der Waals surface area contributed by atoms with Gasteiger partial charge < -0.3 is 4.74 Å². The number of hydrogen-bond donors (Lipinski definition) is 0. The highest BCUT2D eigenvalue weighted by atomic mass is 32.2. The summed E-state index contributed by atoms with van der Waals surface area (Å²) < 4.78 is 64.4. The van der Waals surface area contributed by atoms with Gasteiger partial charge in [-0.25, -0.2) is 8.42 Å². The number of alkyl halides is 3. The predicted molar refractivity (Wildman–Crippen MR) is 69.8 cm³/mol. The van der Waals surface area contributed by atoms with E-state index in [1.54, 1.807) is 12.1 Å². The molecule has 0 saturated carbocycles. The molecule has 0 unspecified atom stereocenters. The second-order valence-corrected chi connectivity index (χ2v) is 6.29. The van der Waals surface area contributed by atoms with E-state index in [9.17, 15) is 21.6 Å². The smallest absolute Gasteiger partial charge is 0.406 e. The van der Waals surface area contributed by atoms with Gasteiger partial charge in [-0.2, -0.15) is 0 Å². The molecular formula is C14H11F3O3S. The first-order valence-corrected chi connectivity index (χ1v) is 7.34. The normalized spacial score (nSPS) is 12.2. The zero-order valence-corrected chi connectivity index (χ0v) is 11.7. The Morgan fingerprint density at radius 2 is 1.29 bits per heavy atom. The average molecular weight is 316 g/mol. The Hall–Kier alpha value is -2.02. The van der Waals surface area contributed by atoms with Crippen LogP contribution in [0.25, 0.3) is 0 Å². The second-order valence-electron chi connectivity index (χ2n) is 4.34. The van der Waals surface area contributed by atoms with E-state index in [-0.39, 0.29) is 9.79 Å². The lowest BCUT2D eigenvalue weighted by Crippen LogP contribution is -2.17. The lowest BCUT2D eigenvalue weighted by atomic mass is 10.2. The van der Waals surface area contributed by atoms with Crippen LogP contribution in [0.1, 0.15) is 5.56 Å². The lowest BCUT2D eigenvalue weighted by Gasteiger charge is -2.09. The van der Waals surface area contributed by atoms with Crippen LogP contribution < -0.4 is 4.74 Å². The highest BCUT2D eigenvalue weighted by Gasteiger charge is 2.31. The number of ether oxygens (including phenoxy) is 1. The Balaban J connectivity index is 2.31. The van der Waals surface area contributed by atoms with E-state index in [1.807, 2.05) is 6.92 Å². The van der Waals surface area contributed by atoms with Crippen molar-refractivity contribution in [3.8, 4) is 5.75 Å². The van der Waals surface area contributed by atoms with E-state index in [2.05, 4.69) is 4.74 Å². The molecule has 0 N–H and O–H groups in total. The molecule has 3 nitrogen and oxygen atoms in total. The van der Waals surface area contributed by atoms with Gasteiger partial charge in [0.1, 0.15) is 5.75 Å². The quantitative estimate of drug-likeness (QED) is 0.866. The SMILES string of the molecule is Cc1ccc(S(=O)(=O)c2ccc(OC(F)(F)F)cc2)cc1. The highest BCUT2D eigenvalue weighted by molar-refractivity contribution is 7.91. The molecule has 0 heterocycles. The van der Waals surface area contributed by atoms with Crippen LogP contribution in [-0.4, -0.2) is 14.8 Å². The van der Waals surface area contributed by atoms with E-state index in [1.165, 1.54) is 12.1 Å². The van der Waals surface area contributed by atoms with Gasteiger partial charge in [-0.3, -0.25) is 0 Å². The van der Waals surface area contributed by atoms with Crippen molar-refractivity contribution in [1.29, 1.82) is 0 Å². The summed E-state index contributed by atoms with van der Waals surface area (Å²) >= 11 is 0. The van der Waals surface area contributed by atoms with Gasteiger partial charge in [0, 0.05) is 0 Å². The molecule has 0 aliphatic heterocycles. The van der Waals surface area contributed by atoms with Crippen LogP contribution in [0.5, 0.6) is 5.75 Å². The molecule has 2 aromatic carbocycles. The van der Waals surface area contributed by atoms with Gasteiger partial charge >= 0.3 is 6.36 Å². The van der Waals surface area contributed by atoms with E-state index in [4.69, 9.17) is 0 Å². The highest BCUT2D eigenvalue weighted by Crippen LogP contribution is 2.26. The monoisotopic (exact) mass is 316 g/mol. The molecule has 0 radical (unpaired) electrons. The van der Waals surface area contributed by atoms with Gasteiger partial charge in [-0.15, -0.1) is 13.2 Å². The largest absolute Gasteiger partial charge is 0.573 e. The van der Waals surface area contributed by atoms with E-state index in [0.717, 1.165) is 29.8 Å². The van der Waals surface area contributed by atoms with Crippen LogP contribution in [-0.2, 0) is 9.84 Å². The summed E-state index contributed by atoms with van der Waals surface area (Å²) in [5.74, 6) is -0.467. The summed E-state index contributed by atoms with van der Waals surface area (Å²) in [6, 6.07) is 10.3. The topological polar surface area (TPSA) is 43.4 Å². The van der Waals surface area contributed by atoms with Crippen molar-refractivity contribution in [2.75, 3.05) is 0 Å². The van der Waals surface area contributed by atoms with Gasteiger partial charge in [0.15, 0.2) is 0 Å². The van der Waals surface area contributed by atoms with Crippen molar-refractivity contribution in [3.05, 3.63) is 54.1 Å². The molecule has 2 aromatic rings. The van der Waals surface area contributed by atoms with Crippen molar-refractivity contribution < 1.29 is 26.3 Å². The van der Waals surface area contributed by atoms with E-state index >= 15 is 0 Å². The van der Waals surface area contributed by atoms with Crippen LogP contribution in [0.15, 0.2) is 58.3 Å². The van der Waals surface area contributed by atoms with Crippen molar-refractivity contribution in [3.63, 3.8) is 0 Å². The number of sulfone groups is 1. The zero-order valence-electron chi connectivity index (χ0n) is 10.9. The van der Waals surface area contributed by atoms with Gasteiger partial charge in [0.2, 0.25) is 9.84 Å². The first kappa shape index (κ1) is 15.4. The third-order valence-corrected chi connectivity index (χ3v) is 4.48. The van der Waals surface area contributed by atoms with Crippen molar-refractivity contribution in [2.45, 2.75) is 23.1 Å². The van der Waals surface area contributed by atoms with Gasteiger partial charge in [-0.05, 0) is 43.3 Å². The minimum atomic E-state index is -4.81. The maximum absolute atomic E-state index is 12.3. The summed E-state index contributed by atoms with van der Waals surface area (Å²) in [6.45, 7) is 1.82. The Kier molecular flexibility index (Phi) is 3.95. The van der Waals surface area contributed by atoms with Crippen molar-refractivity contribution in [2.24, 2.45) is 0 Å². The Morgan fingerprint density at radius 3 is 1.71 bits per heavy atom. The summed E-state index contributed by atoms with van der Waals surface area (Å²) in [5.41, 5.74) is 0.905. The third kappa shape index (κ3) is 3.75. The fraction of sp³-hybridized carbons (Fsp3) is 0.143. The van der Waals surface area contributed by atoms with Gasteiger partial charge in [-0.1, -0.05) is 17.7 Å². The number of aryl methyl sites for hydroxylation is 1. The predicted octanol–water partition coefficient (Wildman–Crippen LogP) is 3.73. The molecule has 0 aliphatic carbocycles. The molecule has 112 valence electrons. The van der Waals surface area contributed by atoms with E-state index < -0.39 is 21.9 Å². The van der Waals surface area contributed by atoms with Crippen LogP contribution in [0.2, 0.25) is 0 Å². The minimum absolute atomic E-state index is 0.0811. The fourth-order valence-electron chi connectivity index (χ4n) is 1.67. The molecule has 0 aliphatic rings. The summed E-state index contributed by atoms with van der Waals surface area (Å²) in [6.07, 6.45) is -4.81. The molecule has 0 amide bonds. The van der Waals surface area contributed by atoms with Crippen LogP contribution >= 0.6 is 0 Å². The molecule has 21 heavy (non-hydrogen) atoms. The third-order valence-electron chi connectivity index (χ3n) is 2.70. The number of rotatable bonds is 3. The molecule has 0 spiro atoms. The molecular weight excluding hydrogens is 305 g/mol. The Morgan fingerprint density at radius 1 is 0.857 bits per heavy atom. The molecule has 0 atom stereocenters. The maximum atomic E-state index is 12.3. The maximum Gasteiger partial charge on any atom is 0.573 e. The second kappa shape index (κ2) is 5.40. The molecule has 0 aromatic heterocycles. The first-order valence-electron chi connectivity index (χ1n) is 5.86.